The number of fused-ring (bicyclic) bond motifs is 1. The number of H-pyrrole nitrogens is 1. The van der Waals surface area contributed by atoms with E-state index in [1.54, 1.807) is 33.2 Å². The number of hydrogen-bond acceptors (Lipinski definition) is 6. The molecule has 5 rings (SSSR count). The van der Waals surface area contributed by atoms with Crippen molar-refractivity contribution in [2.24, 2.45) is 7.05 Å². The van der Waals surface area contributed by atoms with Crippen LogP contribution in [0.25, 0.3) is 21.3 Å². The number of aromatic amines is 1. The zero-order valence-electron chi connectivity index (χ0n) is 20.1. The predicted molar refractivity (Wildman–Crippen MR) is 134 cm³/mol. The second-order valence-corrected chi connectivity index (χ2v) is 11.2. The molecule has 0 spiro atoms. The summed E-state index contributed by atoms with van der Waals surface area (Å²) in [5.74, 6) is 0.489. The highest BCUT2D eigenvalue weighted by atomic mass is 32.1. The van der Waals surface area contributed by atoms with Crippen LogP contribution in [0.15, 0.2) is 23.1 Å². The third-order valence-electron chi connectivity index (χ3n) is 6.77. The number of pyridine rings is 1. The molecule has 8 nitrogen and oxygen atoms in total. The van der Waals surface area contributed by atoms with Gasteiger partial charge in [0.2, 0.25) is 0 Å². The standard InChI is InChI=1S/C25H32N4O4S/c1-25(2,32)20-11-19(33-13-15-6-5-9-28(15)3)22(34-20)17-12-29(4)24(31)21-16(17)10-18(27-21)23(30)26-14-7-8-14/h10-12,14-15,27,32H,5-9,13H2,1-4H3,(H,26,30). The predicted octanol–water partition coefficient (Wildman–Crippen LogP) is 3.19. The Morgan fingerprint density at radius 3 is 2.71 bits per heavy atom. The Labute approximate surface area is 202 Å². The maximum Gasteiger partial charge on any atom is 0.274 e. The largest absolute Gasteiger partial charge is 0.490 e. The summed E-state index contributed by atoms with van der Waals surface area (Å²) in [4.78, 5) is 32.6. The molecule has 3 N–H and O–H groups in total. The van der Waals surface area contributed by atoms with Gasteiger partial charge in [0, 0.05) is 41.2 Å². The second-order valence-electron chi connectivity index (χ2n) is 10.1. The Morgan fingerprint density at radius 2 is 2.06 bits per heavy atom. The number of amides is 1. The number of nitrogens with zero attached hydrogens (tertiary/aromatic N) is 2. The maximum absolute atomic E-state index is 12.9. The highest BCUT2D eigenvalue weighted by Gasteiger charge is 2.28. The Morgan fingerprint density at radius 1 is 1.29 bits per heavy atom. The van der Waals surface area contributed by atoms with E-state index in [1.807, 2.05) is 6.07 Å². The molecule has 1 amide bonds. The number of hydrogen-bond donors (Lipinski definition) is 3. The summed E-state index contributed by atoms with van der Waals surface area (Å²) in [6.45, 7) is 5.13. The van der Waals surface area contributed by atoms with Crippen molar-refractivity contribution in [3.8, 4) is 16.2 Å². The molecule has 1 saturated carbocycles. The molecule has 34 heavy (non-hydrogen) atoms. The van der Waals surface area contributed by atoms with Gasteiger partial charge in [0.25, 0.3) is 11.5 Å². The number of carbonyl (C=O) groups excluding carboxylic acids is 1. The molecule has 0 radical (unpaired) electrons. The van der Waals surface area contributed by atoms with E-state index in [0.29, 0.717) is 35.0 Å². The molecular weight excluding hydrogens is 452 g/mol. The van der Waals surface area contributed by atoms with E-state index in [0.717, 1.165) is 47.5 Å². The monoisotopic (exact) mass is 484 g/mol. The number of carbonyl (C=O) groups is 1. The van der Waals surface area contributed by atoms with Crippen LogP contribution in [0.1, 0.15) is 54.9 Å². The van der Waals surface area contributed by atoms with Gasteiger partial charge in [-0.2, -0.15) is 0 Å². The molecule has 1 aliphatic carbocycles. The van der Waals surface area contributed by atoms with E-state index in [1.165, 1.54) is 15.9 Å². The Bertz CT molecular complexity index is 1290. The van der Waals surface area contributed by atoms with Gasteiger partial charge >= 0.3 is 0 Å². The van der Waals surface area contributed by atoms with Crippen LogP contribution in [0, 0.1) is 0 Å². The minimum atomic E-state index is -1.03. The van der Waals surface area contributed by atoms with Crippen LogP contribution in [-0.2, 0) is 12.6 Å². The van der Waals surface area contributed by atoms with Crippen molar-refractivity contribution >= 4 is 28.1 Å². The number of aryl methyl sites for hydroxylation is 1. The normalized spacial score (nSPS) is 19.1. The Kier molecular flexibility index (Phi) is 5.82. The lowest BCUT2D eigenvalue weighted by atomic mass is 10.1. The van der Waals surface area contributed by atoms with Gasteiger partial charge in [0.05, 0.1) is 10.5 Å². The molecule has 2 aliphatic rings. The minimum absolute atomic E-state index is 0.196. The van der Waals surface area contributed by atoms with Gasteiger partial charge in [-0.3, -0.25) is 9.59 Å². The molecule has 0 aromatic carbocycles. The molecule has 1 unspecified atom stereocenters. The smallest absolute Gasteiger partial charge is 0.274 e. The molecule has 1 atom stereocenters. The summed E-state index contributed by atoms with van der Waals surface area (Å²) in [6.07, 6.45) is 6.02. The average molecular weight is 485 g/mol. The molecule has 0 bridgehead atoms. The number of aliphatic hydroxyl groups is 1. The summed E-state index contributed by atoms with van der Waals surface area (Å²) in [5.41, 5.74) is 0.340. The van der Waals surface area contributed by atoms with Crippen LogP contribution in [-0.4, -0.2) is 57.7 Å². The van der Waals surface area contributed by atoms with Crippen molar-refractivity contribution in [1.29, 1.82) is 0 Å². The fourth-order valence-corrected chi connectivity index (χ4v) is 5.60. The molecular formula is C25H32N4O4S. The molecule has 9 heteroatoms. The average Bonchev–Trinajstić information content (AvgIpc) is 3.16. The van der Waals surface area contributed by atoms with Crippen molar-refractivity contribution in [2.45, 2.75) is 57.2 Å². The molecule has 3 aromatic rings. The van der Waals surface area contributed by atoms with Crippen LogP contribution in [0.4, 0.5) is 0 Å². The van der Waals surface area contributed by atoms with Crippen molar-refractivity contribution in [3.63, 3.8) is 0 Å². The van der Waals surface area contributed by atoms with E-state index in [2.05, 4.69) is 22.2 Å². The summed E-state index contributed by atoms with van der Waals surface area (Å²) in [5, 5.41) is 14.4. The molecule has 1 aliphatic heterocycles. The lowest BCUT2D eigenvalue weighted by molar-refractivity contribution is 0.0822. The number of rotatable bonds is 7. The lowest BCUT2D eigenvalue weighted by Crippen LogP contribution is -2.30. The van der Waals surface area contributed by atoms with Crippen molar-refractivity contribution in [2.75, 3.05) is 20.2 Å². The highest BCUT2D eigenvalue weighted by molar-refractivity contribution is 7.16. The van der Waals surface area contributed by atoms with E-state index in [4.69, 9.17) is 4.74 Å². The minimum Gasteiger partial charge on any atom is -0.490 e. The number of ether oxygens (including phenoxy) is 1. The summed E-state index contributed by atoms with van der Waals surface area (Å²) in [6, 6.07) is 4.23. The topological polar surface area (TPSA) is 99.6 Å². The van der Waals surface area contributed by atoms with Gasteiger partial charge < -0.3 is 29.6 Å². The number of aromatic nitrogens is 2. The van der Waals surface area contributed by atoms with Crippen LogP contribution < -0.4 is 15.6 Å². The van der Waals surface area contributed by atoms with Crippen molar-refractivity contribution < 1.29 is 14.6 Å². The zero-order chi connectivity index (χ0) is 24.2. The van der Waals surface area contributed by atoms with Gasteiger partial charge in [-0.05, 0) is 65.3 Å². The fraction of sp³-hybridized carbons (Fsp3) is 0.520. The Balaban J connectivity index is 1.59. The number of likely N-dealkylation sites (N-methyl/N-ethyl adjacent to an activating group) is 1. The molecule has 182 valence electrons. The van der Waals surface area contributed by atoms with Crippen molar-refractivity contribution in [3.05, 3.63) is 39.3 Å². The van der Waals surface area contributed by atoms with Crippen LogP contribution in [0.5, 0.6) is 5.75 Å². The number of thiophene rings is 1. The molecule has 4 heterocycles. The molecule has 1 saturated heterocycles. The van der Waals surface area contributed by atoms with Crippen molar-refractivity contribution in [1.82, 2.24) is 19.8 Å². The number of likely N-dealkylation sites (tertiary alicyclic amines) is 1. The van der Waals surface area contributed by atoms with Crippen LogP contribution >= 0.6 is 11.3 Å². The van der Waals surface area contributed by atoms with Gasteiger partial charge in [-0.15, -0.1) is 11.3 Å². The SMILES string of the molecule is CN1CCCC1COc1cc(C(C)(C)O)sc1-c1cn(C)c(=O)c2[nH]c(C(=O)NC3CC3)cc12. The third-order valence-corrected chi connectivity index (χ3v) is 8.23. The van der Waals surface area contributed by atoms with Gasteiger partial charge in [-0.1, -0.05) is 0 Å². The van der Waals surface area contributed by atoms with E-state index >= 15 is 0 Å². The molecule has 2 fully saturated rings. The van der Waals surface area contributed by atoms with E-state index in [9.17, 15) is 14.7 Å². The second kappa shape index (κ2) is 8.55. The zero-order valence-corrected chi connectivity index (χ0v) is 20.9. The highest BCUT2D eigenvalue weighted by Crippen LogP contribution is 2.44. The summed E-state index contributed by atoms with van der Waals surface area (Å²) in [7, 11) is 3.82. The summed E-state index contributed by atoms with van der Waals surface area (Å²) < 4.78 is 7.86. The first-order chi connectivity index (χ1) is 16.1. The quantitative estimate of drug-likeness (QED) is 0.478. The van der Waals surface area contributed by atoms with E-state index < -0.39 is 5.60 Å². The molecule has 3 aromatic heterocycles. The third kappa shape index (κ3) is 4.39. The van der Waals surface area contributed by atoms with Gasteiger partial charge in [-0.25, -0.2) is 0 Å². The first kappa shape index (κ1) is 23.1. The lowest BCUT2D eigenvalue weighted by Gasteiger charge is -2.20. The van der Waals surface area contributed by atoms with Gasteiger partial charge in [0.1, 0.15) is 23.6 Å². The Hall–Kier alpha value is -2.62. The fourth-order valence-electron chi connectivity index (χ4n) is 4.47. The maximum atomic E-state index is 12.9. The first-order valence-electron chi connectivity index (χ1n) is 11.8. The first-order valence-corrected chi connectivity index (χ1v) is 12.7. The van der Waals surface area contributed by atoms with Crippen LogP contribution in [0.3, 0.4) is 0 Å². The van der Waals surface area contributed by atoms with Gasteiger partial charge in [0.15, 0.2) is 0 Å². The van der Waals surface area contributed by atoms with Crippen LogP contribution in [0.2, 0.25) is 0 Å². The van der Waals surface area contributed by atoms with E-state index in [-0.39, 0.29) is 17.5 Å². The number of nitrogens with one attached hydrogen (secondary N) is 2. The summed E-state index contributed by atoms with van der Waals surface area (Å²) >= 11 is 1.45.